The third-order valence-corrected chi connectivity index (χ3v) is 5.21. The van der Waals surface area contributed by atoms with E-state index in [1.807, 2.05) is 42.6 Å². The molecule has 0 spiro atoms. The predicted molar refractivity (Wildman–Crippen MR) is 116 cm³/mol. The molecule has 2 aromatic heterocycles. The number of carbonyl (C=O) groups is 1. The highest BCUT2D eigenvalue weighted by atomic mass is 16.4. The molecule has 0 fully saturated rings. The van der Waals surface area contributed by atoms with Crippen LogP contribution in [0, 0.1) is 0 Å². The van der Waals surface area contributed by atoms with Gasteiger partial charge >= 0.3 is 0 Å². The number of aromatic amines is 1. The summed E-state index contributed by atoms with van der Waals surface area (Å²) in [6, 6.07) is 18.2. The number of amides is 1. The first-order valence-corrected chi connectivity index (χ1v) is 10.4. The molecule has 0 radical (unpaired) electrons. The second kappa shape index (κ2) is 9.39. The number of carbonyl (C=O) groups excluding carboxylic acids is 1. The van der Waals surface area contributed by atoms with E-state index in [1.54, 1.807) is 0 Å². The van der Waals surface area contributed by atoms with Crippen LogP contribution in [-0.2, 0) is 17.6 Å². The molecule has 1 atom stereocenters. The van der Waals surface area contributed by atoms with Crippen LogP contribution >= 0.6 is 0 Å². The van der Waals surface area contributed by atoms with E-state index >= 15 is 0 Å². The second-order valence-corrected chi connectivity index (χ2v) is 7.45. The van der Waals surface area contributed by atoms with E-state index in [1.165, 1.54) is 0 Å². The number of hydrogen-bond acceptors (Lipinski definition) is 4. The van der Waals surface area contributed by atoms with Crippen LogP contribution in [0.4, 0.5) is 0 Å². The van der Waals surface area contributed by atoms with Crippen LogP contribution in [0.2, 0.25) is 0 Å². The lowest BCUT2D eigenvalue weighted by Crippen LogP contribution is -2.28. The topological polar surface area (TPSA) is 83.8 Å². The lowest BCUT2D eigenvalue weighted by atomic mass is 10.0. The number of hydrogen-bond donors (Lipinski definition) is 2. The minimum Gasteiger partial charge on any atom is -0.425 e. The monoisotopic (exact) mass is 402 g/mol. The van der Waals surface area contributed by atoms with Gasteiger partial charge < -0.3 is 14.7 Å². The number of aromatic nitrogens is 3. The average Bonchev–Trinajstić information content (AvgIpc) is 3.40. The van der Waals surface area contributed by atoms with Crippen molar-refractivity contribution in [3.05, 3.63) is 83.7 Å². The van der Waals surface area contributed by atoms with Crippen molar-refractivity contribution in [2.24, 2.45) is 0 Å². The van der Waals surface area contributed by atoms with Gasteiger partial charge in [0.05, 0.1) is 12.5 Å². The van der Waals surface area contributed by atoms with Gasteiger partial charge in [-0.15, -0.1) is 10.2 Å². The van der Waals surface area contributed by atoms with E-state index in [4.69, 9.17) is 4.42 Å². The number of H-pyrrole nitrogens is 1. The largest absolute Gasteiger partial charge is 0.425 e. The Kier molecular flexibility index (Phi) is 6.23. The second-order valence-electron chi connectivity index (χ2n) is 7.45. The first-order chi connectivity index (χ1) is 14.7. The zero-order valence-corrected chi connectivity index (χ0v) is 17.1. The molecule has 0 aliphatic rings. The van der Waals surface area contributed by atoms with Crippen molar-refractivity contribution in [2.75, 3.05) is 0 Å². The lowest BCUT2D eigenvalue weighted by Gasteiger charge is -2.18. The summed E-state index contributed by atoms with van der Waals surface area (Å²) in [6.07, 6.45) is 5.20. The number of nitrogens with one attached hydrogen (secondary N) is 2. The predicted octanol–water partition coefficient (Wildman–Crippen LogP) is 4.73. The summed E-state index contributed by atoms with van der Waals surface area (Å²) < 4.78 is 5.78. The van der Waals surface area contributed by atoms with E-state index in [-0.39, 0.29) is 11.9 Å². The van der Waals surface area contributed by atoms with Crippen molar-refractivity contribution in [3.8, 4) is 0 Å². The minimum absolute atomic E-state index is 0.00585. The van der Waals surface area contributed by atoms with Crippen molar-refractivity contribution >= 4 is 16.8 Å². The summed E-state index contributed by atoms with van der Waals surface area (Å²) in [5.41, 5.74) is 3.33. The van der Waals surface area contributed by atoms with Gasteiger partial charge in [0.2, 0.25) is 17.7 Å². The van der Waals surface area contributed by atoms with Crippen LogP contribution in [-0.4, -0.2) is 21.1 Å². The Hall–Kier alpha value is -3.41. The summed E-state index contributed by atoms with van der Waals surface area (Å²) in [5, 5.41) is 12.6. The van der Waals surface area contributed by atoms with Gasteiger partial charge in [0, 0.05) is 29.9 Å². The van der Waals surface area contributed by atoms with Gasteiger partial charge in [-0.25, -0.2) is 0 Å². The molecule has 0 aliphatic carbocycles. The van der Waals surface area contributed by atoms with E-state index < -0.39 is 0 Å². The molecule has 4 aromatic rings. The van der Waals surface area contributed by atoms with Gasteiger partial charge in [-0.2, -0.15) is 0 Å². The van der Waals surface area contributed by atoms with E-state index in [2.05, 4.69) is 45.6 Å². The average molecular weight is 402 g/mol. The number of nitrogens with zero attached hydrogens (tertiary/aromatic N) is 2. The first-order valence-electron chi connectivity index (χ1n) is 10.4. The molecule has 0 unspecified atom stereocenters. The van der Waals surface area contributed by atoms with E-state index in [0.29, 0.717) is 31.0 Å². The SMILES string of the molecule is CCC[C@@H](NC(=O)CCc1nnc(Cc2c[nH]c3ccccc23)o1)c1ccccc1. The fourth-order valence-electron chi connectivity index (χ4n) is 3.68. The van der Waals surface area contributed by atoms with Crippen molar-refractivity contribution in [2.45, 2.75) is 45.1 Å². The van der Waals surface area contributed by atoms with Gasteiger partial charge in [0.25, 0.3) is 0 Å². The van der Waals surface area contributed by atoms with Crippen molar-refractivity contribution in [1.29, 1.82) is 0 Å². The van der Waals surface area contributed by atoms with Gasteiger partial charge in [0.15, 0.2) is 0 Å². The highest BCUT2D eigenvalue weighted by Crippen LogP contribution is 2.21. The number of para-hydroxylation sites is 1. The quantitative estimate of drug-likeness (QED) is 0.424. The van der Waals surface area contributed by atoms with Crippen molar-refractivity contribution in [3.63, 3.8) is 0 Å². The number of fused-ring (bicyclic) bond motifs is 1. The molecule has 0 bridgehead atoms. The molecule has 30 heavy (non-hydrogen) atoms. The van der Waals surface area contributed by atoms with Gasteiger partial charge in [-0.3, -0.25) is 4.79 Å². The molecule has 2 heterocycles. The Morgan fingerprint density at radius 2 is 1.83 bits per heavy atom. The van der Waals surface area contributed by atoms with Crippen molar-refractivity contribution in [1.82, 2.24) is 20.5 Å². The van der Waals surface area contributed by atoms with Crippen LogP contribution < -0.4 is 5.32 Å². The number of aryl methyl sites for hydroxylation is 1. The molecular formula is C24H26N4O2. The Labute approximate surface area is 175 Å². The zero-order valence-electron chi connectivity index (χ0n) is 17.1. The Bertz CT molecular complexity index is 1100. The van der Waals surface area contributed by atoms with Gasteiger partial charge in [0.1, 0.15) is 0 Å². The van der Waals surface area contributed by atoms with Crippen LogP contribution in [0.15, 0.2) is 65.2 Å². The summed E-state index contributed by atoms with van der Waals surface area (Å²) in [4.78, 5) is 15.7. The Morgan fingerprint density at radius 3 is 2.67 bits per heavy atom. The summed E-state index contributed by atoms with van der Waals surface area (Å²) in [7, 11) is 0. The molecule has 0 aliphatic heterocycles. The molecule has 0 saturated heterocycles. The molecular weight excluding hydrogens is 376 g/mol. The zero-order chi connectivity index (χ0) is 20.8. The standard InChI is InChI=1S/C24H26N4O2/c1-2-8-20(17-9-4-3-5-10-17)26-22(29)13-14-23-27-28-24(30-23)15-18-16-25-21-12-7-6-11-19(18)21/h3-7,9-12,16,20,25H,2,8,13-15H2,1H3,(H,26,29)/t20-/m1/s1. The maximum Gasteiger partial charge on any atom is 0.221 e. The molecule has 2 aromatic carbocycles. The molecule has 2 N–H and O–H groups in total. The molecule has 154 valence electrons. The number of benzene rings is 2. The van der Waals surface area contributed by atoms with Gasteiger partial charge in [-0.05, 0) is 23.6 Å². The minimum atomic E-state index is -0.00585. The summed E-state index contributed by atoms with van der Waals surface area (Å²) in [5.74, 6) is 1.05. The fraction of sp³-hybridized carbons (Fsp3) is 0.292. The lowest BCUT2D eigenvalue weighted by molar-refractivity contribution is -0.121. The normalized spacial score (nSPS) is 12.2. The first kappa shape index (κ1) is 19.9. The van der Waals surface area contributed by atoms with Crippen LogP contribution in [0.25, 0.3) is 10.9 Å². The van der Waals surface area contributed by atoms with Crippen LogP contribution in [0.1, 0.15) is 55.1 Å². The highest BCUT2D eigenvalue weighted by Gasteiger charge is 2.15. The fourth-order valence-corrected chi connectivity index (χ4v) is 3.68. The molecule has 1 amide bonds. The van der Waals surface area contributed by atoms with Crippen LogP contribution in [0.3, 0.4) is 0 Å². The maximum absolute atomic E-state index is 12.5. The molecule has 4 rings (SSSR count). The summed E-state index contributed by atoms with van der Waals surface area (Å²) >= 11 is 0. The van der Waals surface area contributed by atoms with Crippen molar-refractivity contribution < 1.29 is 9.21 Å². The Morgan fingerprint density at radius 1 is 1.07 bits per heavy atom. The smallest absolute Gasteiger partial charge is 0.221 e. The van der Waals surface area contributed by atoms with E-state index in [9.17, 15) is 4.79 Å². The third-order valence-electron chi connectivity index (χ3n) is 5.21. The third kappa shape index (κ3) is 4.76. The number of rotatable bonds is 9. The molecule has 0 saturated carbocycles. The summed E-state index contributed by atoms with van der Waals surface area (Å²) in [6.45, 7) is 2.12. The van der Waals surface area contributed by atoms with Gasteiger partial charge in [-0.1, -0.05) is 61.9 Å². The van der Waals surface area contributed by atoms with E-state index in [0.717, 1.165) is 34.9 Å². The Balaban J connectivity index is 1.33. The molecule has 6 nitrogen and oxygen atoms in total. The maximum atomic E-state index is 12.5. The highest BCUT2D eigenvalue weighted by molar-refractivity contribution is 5.83. The van der Waals surface area contributed by atoms with Crippen LogP contribution in [0.5, 0.6) is 0 Å². The molecule has 6 heteroatoms.